The quantitative estimate of drug-likeness (QED) is 0.305. The molecule has 3 unspecified atom stereocenters. The van der Waals surface area contributed by atoms with Gasteiger partial charge in [-0.25, -0.2) is 0 Å². The Labute approximate surface area is 181 Å². The smallest absolute Gasteiger partial charge is 0.303 e. The lowest BCUT2D eigenvalue weighted by molar-refractivity contribution is -0.137. The summed E-state index contributed by atoms with van der Waals surface area (Å²) in [7, 11) is 0. The summed E-state index contributed by atoms with van der Waals surface area (Å²) in [6.07, 6.45) is 9.29. The second-order valence-electron chi connectivity index (χ2n) is 7.71. The Kier molecular flexibility index (Phi) is 9.86. The van der Waals surface area contributed by atoms with Gasteiger partial charge in [0.05, 0.1) is 23.3 Å². The molecule has 1 heterocycles. The average molecular weight is 443 g/mol. The van der Waals surface area contributed by atoms with Gasteiger partial charge in [0.15, 0.2) is 0 Å². The van der Waals surface area contributed by atoms with Crippen molar-refractivity contribution in [3.8, 4) is 0 Å². The van der Waals surface area contributed by atoms with Gasteiger partial charge in [-0.05, 0) is 51.0 Å². The fourth-order valence-corrected chi connectivity index (χ4v) is 4.99. The summed E-state index contributed by atoms with van der Waals surface area (Å²) in [4.78, 5) is 12.7. The Hall–Kier alpha value is -1.18. The van der Waals surface area contributed by atoms with Gasteiger partial charge in [-0.3, -0.25) is 4.79 Å². The number of aliphatic hydroxyl groups excluding tert-OH is 3. The van der Waals surface area contributed by atoms with Crippen molar-refractivity contribution in [2.45, 2.75) is 70.2 Å². The Morgan fingerprint density at radius 1 is 1.34 bits per heavy atom. The predicted octanol–water partition coefficient (Wildman–Crippen LogP) is 4.12. The van der Waals surface area contributed by atoms with Gasteiger partial charge in [0.1, 0.15) is 0 Å². The van der Waals surface area contributed by atoms with Crippen LogP contribution in [0.25, 0.3) is 0 Å². The van der Waals surface area contributed by atoms with Gasteiger partial charge in [0.25, 0.3) is 0 Å². The zero-order valence-corrected chi connectivity index (χ0v) is 18.3. The molecule has 0 bridgehead atoms. The molecule has 0 amide bonds. The maximum Gasteiger partial charge on any atom is 0.303 e. The van der Waals surface area contributed by atoms with Crippen molar-refractivity contribution in [1.29, 1.82) is 0 Å². The van der Waals surface area contributed by atoms with Crippen LogP contribution in [0.3, 0.4) is 0 Å². The average Bonchev–Trinajstić information content (AvgIpc) is 3.11. The van der Waals surface area contributed by atoms with Crippen molar-refractivity contribution in [3.05, 3.63) is 45.1 Å². The Morgan fingerprint density at radius 3 is 2.76 bits per heavy atom. The van der Waals surface area contributed by atoms with E-state index >= 15 is 0 Å². The van der Waals surface area contributed by atoms with Crippen LogP contribution in [0.15, 0.2) is 30.4 Å². The van der Waals surface area contributed by atoms with Crippen LogP contribution in [0.1, 0.15) is 48.3 Å². The number of aliphatic hydroxyl groups is 3. The largest absolute Gasteiger partial charge is 0.481 e. The Bertz CT molecular complexity index is 695. The topological polar surface area (TPSA) is 98.0 Å². The summed E-state index contributed by atoms with van der Waals surface area (Å²) in [5.74, 6) is -1.11. The first-order valence-corrected chi connectivity index (χ1v) is 11.3. The third kappa shape index (κ3) is 7.87. The van der Waals surface area contributed by atoms with Gasteiger partial charge in [-0.15, -0.1) is 11.3 Å². The van der Waals surface area contributed by atoms with Gasteiger partial charge in [-0.2, -0.15) is 0 Å². The van der Waals surface area contributed by atoms with Gasteiger partial charge < -0.3 is 20.4 Å². The maximum absolute atomic E-state index is 10.5. The van der Waals surface area contributed by atoms with E-state index in [-0.39, 0.29) is 18.3 Å². The van der Waals surface area contributed by atoms with Crippen molar-refractivity contribution < 1.29 is 25.2 Å². The normalized spacial score (nSPS) is 26.0. The molecule has 1 fully saturated rings. The summed E-state index contributed by atoms with van der Waals surface area (Å²) in [5.41, 5.74) is 0. The first-order valence-electron chi connectivity index (χ1n) is 10.1. The number of thiophene rings is 1. The molecule has 0 aliphatic heterocycles. The highest BCUT2D eigenvalue weighted by Gasteiger charge is 2.39. The van der Waals surface area contributed by atoms with Crippen LogP contribution in [0.5, 0.6) is 0 Å². The van der Waals surface area contributed by atoms with Crippen LogP contribution in [-0.4, -0.2) is 44.7 Å². The highest BCUT2D eigenvalue weighted by atomic mass is 35.5. The van der Waals surface area contributed by atoms with Crippen LogP contribution in [-0.2, 0) is 11.2 Å². The number of carbonyl (C=O) groups is 1. The molecule has 29 heavy (non-hydrogen) atoms. The van der Waals surface area contributed by atoms with E-state index < -0.39 is 24.3 Å². The van der Waals surface area contributed by atoms with E-state index in [9.17, 15) is 20.1 Å². The molecule has 0 saturated heterocycles. The maximum atomic E-state index is 10.5. The lowest BCUT2D eigenvalue weighted by Crippen LogP contribution is -2.20. The molecule has 1 aliphatic carbocycles. The van der Waals surface area contributed by atoms with Gasteiger partial charge >= 0.3 is 5.97 Å². The SMILES string of the molecule is Cc1sc(CCC(O)/C=C/[C@H]2C(O)CC(O)[C@@H]2C/C=C\CCCC(=O)O)cc1Cl. The van der Waals surface area contributed by atoms with Gasteiger partial charge in [0, 0.05) is 28.5 Å². The van der Waals surface area contributed by atoms with Crippen molar-refractivity contribution >= 4 is 28.9 Å². The van der Waals surface area contributed by atoms with E-state index in [0.717, 1.165) is 21.2 Å². The zero-order valence-electron chi connectivity index (χ0n) is 16.7. The molecular formula is C22H31ClO5S. The first kappa shape index (κ1) is 24.1. The summed E-state index contributed by atoms with van der Waals surface area (Å²) < 4.78 is 0. The molecule has 0 aromatic carbocycles. The van der Waals surface area contributed by atoms with Crippen LogP contribution in [0, 0.1) is 18.8 Å². The first-order chi connectivity index (χ1) is 13.8. The highest BCUT2D eigenvalue weighted by molar-refractivity contribution is 7.12. The van der Waals surface area contributed by atoms with Crippen molar-refractivity contribution in [3.63, 3.8) is 0 Å². The number of carboxylic acid groups (broad SMARTS) is 1. The number of unbranched alkanes of at least 4 members (excludes halogenated alkanes) is 1. The molecule has 0 radical (unpaired) electrons. The summed E-state index contributed by atoms with van der Waals surface area (Å²) >= 11 is 7.71. The van der Waals surface area contributed by atoms with Crippen molar-refractivity contribution in [2.24, 2.45) is 11.8 Å². The minimum atomic E-state index is -0.797. The summed E-state index contributed by atoms with van der Waals surface area (Å²) in [6, 6.07) is 1.94. The van der Waals surface area contributed by atoms with Gasteiger partial charge in [0.2, 0.25) is 0 Å². The van der Waals surface area contributed by atoms with E-state index in [4.69, 9.17) is 16.7 Å². The molecular weight excluding hydrogens is 412 g/mol. The monoisotopic (exact) mass is 442 g/mol. The third-order valence-corrected chi connectivity index (χ3v) is 7.02. The molecule has 1 aromatic heterocycles. The lowest BCUT2D eigenvalue weighted by atomic mass is 9.89. The summed E-state index contributed by atoms with van der Waals surface area (Å²) in [5, 5.41) is 40.2. The number of halogens is 1. The van der Waals surface area contributed by atoms with E-state index in [1.54, 1.807) is 17.4 Å². The van der Waals surface area contributed by atoms with E-state index in [0.29, 0.717) is 32.1 Å². The minimum absolute atomic E-state index is 0.108. The second kappa shape index (κ2) is 11.9. The number of aryl methyl sites for hydroxylation is 2. The fourth-order valence-electron chi connectivity index (χ4n) is 3.73. The minimum Gasteiger partial charge on any atom is -0.481 e. The van der Waals surface area contributed by atoms with Crippen molar-refractivity contribution in [1.82, 2.24) is 0 Å². The Morgan fingerprint density at radius 2 is 2.10 bits per heavy atom. The summed E-state index contributed by atoms with van der Waals surface area (Å²) in [6.45, 7) is 1.97. The number of allylic oxidation sites excluding steroid dienone is 2. The zero-order chi connectivity index (χ0) is 21.4. The van der Waals surface area contributed by atoms with E-state index in [1.165, 1.54) is 0 Å². The molecule has 5 nitrogen and oxygen atoms in total. The molecule has 7 heteroatoms. The number of hydrogen-bond donors (Lipinski definition) is 4. The molecule has 1 saturated carbocycles. The number of carboxylic acids is 1. The predicted molar refractivity (Wildman–Crippen MR) is 116 cm³/mol. The molecule has 0 spiro atoms. The number of rotatable bonds is 11. The molecule has 4 N–H and O–H groups in total. The number of aliphatic carboxylic acids is 1. The highest BCUT2D eigenvalue weighted by Crippen LogP contribution is 2.36. The van der Waals surface area contributed by atoms with E-state index in [1.807, 2.05) is 31.2 Å². The Balaban J connectivity index is 1.83. The van der Waals surface area contributed by atoms with Crippen molar-refractivity contribution in [2.75, 3.05) is 0 Å². The van der Waals surface area contributed by atoms with Gasteiger partial charge in [-0.1, -0.05) is 35.9 Å². The standard InChI is InChI=1S/C22H31ClO5S/c1-14-19(23)12-16(29-14)10-8-15(24)9-11-18-17(20(25)13-21(18)26)6-4-2-3-5-7-22(27)28/h2,4,9,11-12,15,17-18,20-21,24-26H,3,5-8,10,13H2,1H3,(H,27,28)/b4-2-,11-9+/t15?,17-,18-,20?,21?/m1/s1. The lowest BCUT2D eigenvalue weighted by Gasteiger charge is -2.19. The van der Waals surface area contributed by atoms with E-state index in [2.05, 4.69) is 0 Å². The van der Waals surface area contributed by atoms with Crippen LogP contribution in [0.4, 0.5) is 0 Å². The number of hydrogen-bond acceptors (Lipinski definition) is 5. The molecule has 162 valence electrons. The molecule has 5 atom stereocenters. The molecule has 1 aromatic rings. The third-order valence-electron chi connectivity index (χ3n) is 5.40. The van der Waals surface area contributed by atoms with Crippen LogP contribution < -0.4 is 0 Å². The van der Waals surface area contributed by atoms with Crippen LogP contribution >= 0.6 is 22.9 Å². The van der Waals surface area contributed by atoms with Crippen LogP contribution in [0.2, 0.25) is 5.02 Å². The molecule has 1 aliphatic rings. The second-order valence-corrected chi connectivity index (χ2v) is 9.46. The fraction of sp³-hybridized carbons (Fsp3) is 0.591. The molecule has 2 rings (SSSR count).